The molecule has 0 fully saturated rings. The number of unbranched alkanes of at least 4 members (excludes halogenated alkanes) is 9. The van der Waals surface area contributed by atoms with Gasteiger partial charge in [0.15, 0.2) is 0 Å². The number of fused-ring (bicyclic) bond motifs is 1. The molecule has 0 amide bonds. The summed E-state index contributed by atoms with van der Waals surface area (Å²) in [6, 6.07) is 7.21. The zero-order chi connectivity index (χ0) is 17.7. The molecule has 1 N–H and O–H groups in total. The van der Waals surface area contributed by atoms with Gasteiger partial charge in [-0.05, 0) is 55.5 Å². The van der Waals surface area contributed by atoms with Crippen LogP contribution in [0.25, 0.3) is 0 Å². The molecule has 1 aromatic carbocycles. The van der Waals surface area contributed by atoms with Gasteiger partial charge < -0.3 is 10.1 Å². The van der Waals surface area contributed by atoms with Gasteiger partial charge in [0.25, 0.3) is 0 Å². The van der Waals surface area contributed by atoms with Crippen molar-refractivity contribution in [3.05, 3.63) is 29.3 Å². The number of ether oxygens (including phenoxy) is 1. The van der Waals surface area contributed by atoms with Crippen LogP contribution in [0.3, 0.4) is 0 Å². The first-order chi connectivity index (χ1) is 12.3. The molecule has 1 aliphatic rings. The van der Waals surface area contributed by atoms with E-state index in [9.17, 15) is 0 Å². The van der Waals surface area contributed by atoms with Gasteiger partial charge in [-0.1, -0.05) is 70.8 Å². The number of nitrogens with one attached hydrogen (secondary N) is 1. The molecule has 26 heavy (non-hydrogen) atoms. The van der Waals surface area contributed by atoms with Crippen LogP contribution in [-0.2, 0) is 12.8 Å². The van der Waals surface area contributed by atoms with Crippen LogP contribution in [-0.4, -0.2) is 19.7 Å². The van der Waals surface area contributed by atoms with Crippen LogP contribution < -0.4 is 10.1 Å². The van der Waals surface area contributed by atoms with Gasteiger partial charge in [0.05, 0.1) is 7.11 Å². The van der Waals surface area contributed by atoms with Crippen molar-refractivity contribution in [3.8, 4) is 5.75 Å². The number of aryl methyl sites for hydroxylation is 1. The van der Waals surface area contributed by atoms with Crippen molar-refractivity contribution in [2.45, 2.75) is 96.4 Å². The number of hydrogen-bond acceptors (Lipinski definition) is 2. The summed E-state index contributed by atoms with van der Waals surface area (Å²) in [7, 11) is 1.76. The summed E-state index contributed by atoms with van der Waals surface area (Å²) in [4.78, 5) is 0. The molecular weight excluding hydrogens is 342 g/mol. The number of benzene rings is 1. The summed E-state index contributed by atoms with van der Waals surface area (Å²) in [6.07, 6.45) is 17.8. The van der Waals surface area contributed by atoms with Crippen LogP contribution in [0.4, 0.5) is 0 Å². The monoisotopic (exact) mass is 381 g/mol. The van der Waals surface area contributed by atoms with E-state index in [1.54, 1.807) is 7.11 Å². The molecular formula is C23H40ClNO. The van der Waals surface area contributed by atoms with E-state index in [0.717, 1.165) is 12.2 Å². The first-order valence-electron chi connectivity index (χ1n) is 10.7. The van der Waals surface area contributed by atoms with Gasteiger partial charge in [-0.3, -0.25) is 0 Å². The fourth-order valence-corrected chi connectivity index (χ4v) is 3.95. The minimum Gasteiger partial charge on any atom is -0.497 e. The minimum atomic E-state index is 0. The van der Waals surface area contributed by atoms with E-state index in [0.29, 0.717) is 6.04 Å². The van der Waals surface area contributed by atoms with Crippen molar-refractivity contribution in [3.63, 3.8) is 0 Å². The first-order valence-corrected chi connectivity index (χ1v) is 10.7. The molecule has 0 radical (unpaired) electrons. The molecule has 0 aliphatic heterocycles. The lowest BCUT2D eigenvalue weighted by Crippen LogP contribution is -2.35. The maximum absolute atomic E-state index is 5.37. The Bertz CT molecular complexity index is 477. The van der Waals surface area contributed by atoms with E-state index in [1.165, 1.54) is 94.7 Å². The van der Waals surface area contributed by atoms with Crippen LogP contribution in [0.2, 0.25) is 0 Å². The third-order valence-electron chi connectivity index (χ3n) is 5.61. The molecule has 0 aromatic heterocycles. The zero-order valence-electron chi connectivity index (χ0n) is 17.0. The quantitative estimate of drug-likeness (QED) is 0.394. The molecule has 0 bridgehead atoms. The lowest BCUT2D eigenvalue weighted by Gasteiger charge is -2.26. The summed E-state index contributed by atoms with van der Waals surface area (Å²) < 4.78 is 5.37. The van der Waals surface area contributed by atoms with Crippen LogP contribution >= 0.6 is 12.4 Å². The Hall–Kier alpha value is -0.730. The Morgan fingerprint density at radius 2 is 1.58 bits per heavy atom. The molecule has 0 heterocycles. The smallest absolute Gasteiger partial charge is 0.119 e. The molecule has 0 saturated heterocycles. The molecule has 0 saturated carbocycles. The average Bonchev–Trinajstić information content (AvgIpc) is 2.65. The molecule has 1 atom stereocenters. The van der Waals surface area contributed by atoms with E-state index in [1.807, 2.05) is 0 Å². The zero-order valence-corrected chi connectivity index (χ0v) is 17.8. The summed E-state index contributed by atoms with van der Waals surface area (Å²) >= 11 is 0. The Morgan fingerprint density at radius 1 is 0.923 bits per heavy atom. The largest absolute Gasteiger partial charge is 0.497 e. The van der Waals surface area contributed by atoms with Gasteiger partial charge in [-0.15, -0.1) is 12.4 Å². The molecule has 2 rings (SSSR count). The van der Waals surface area contributed by atoms with Crippen LogP contribution in [0, 0.1) is 0 Å². The highest BCUT2D eigenvalue weighted by molar-refractivity contribution is 5.85. The molecule has 0 spiro atoms. The predicted octanol–water partition coefficient (Wildman–Crippen LogP) is 6.48. The number of methoxy groups -OCH3 is 1. The molecule has 150 valence electrons. The van der Waals surface area contributed by atoms with Gasteiger partial charge in [-0.25, -0.2) is 0 Å². The van der Waals surface area contributed by atoms with Crippen LogP contribution in [0.5, 0.6) is 5.75 Å². The molecule has 3 heteroatoms. The fourth-order valence-electron chi connectivity index (χ4n) is 3.95. The summed E-state index contributed by atoms with van der Waals surface area (Å²) in [5.74, 6) is 0.995. The van der Waals surface area contributed by atoms with Crippen LogP contribution in [0.15, 0.2) is 18.2 Å². The van der Waals surface area contributed by atoms with Gasteiger partial charge in [-0.2, -0.15) is 0 Å². The van der Waals surface area contributed by atoms with Crippen LogP contribution in [0.1, 0.15) is 88.7 Å². The number of rotatable bonds is 13. The minimum absolute atomic E-state index is 0. The second-order valence-electron chi connectivity index (χ2n) is 7.71. The van der Waals surface area contributed by atoms with Crippen molar-refractivity contribution in [2.75, 3.05) is 13.7 Å². The fraction of sp³-hybridized carbons (Fsp3) is 0.739. The number of halogens is 1. The highest BCUT2D eigenvalue weighted by atomic mass is 35.5. The van der Waals surface area contributed by atoms with E-state index in [-0.39, 0.29) is 12.4 Å². The highest BCUT2D eigenvalue weighted by Gasteiger charge is 2.18. The van der Waals surface area contributed by atoms with E-state index >= 15 is 0 Å². The second-order valence-corrected chi connectivity index (χ2v) is 7.71. The van der Waals surface area contributed by atoms with Gasteiger partial charge >= 0.3 is 0 Å². The lowest BCUT2D eigenvalue weighted by atomic mass is 9.88. The maximum atomic E-state index is 5.37. The molecule has 1 aromatic rings. The first kappa shape index (κ1) is 23.3. The lowest BCUT2D eigenvalue weighted by molar-refractivity contribution is 0.410. The maximum Gasteiger partial charge on any atom is 0.119 e. The topological polar surface area (TPSA) is 21.3 Å². The molecule has 1 unspecified atom stereocenters. The van der Waals surface area contributed by atoms with Crippen molar-refractivity contribution >= 4 is 12.4 Å². The third kappa shape index (κ3) is 8.77. The SMILES string of the molecule is CCCCCCCCCCCCNC1CCc2ccc(OC)cc2C1.Cl. The number of hydrogen-bond donors (Lipinski definition) is 1. The standard InChI is InChI=1S/C23H39NO.ClH/c1-3-4-5-6-7-8-9-10-11-12-17-24-22-15-13-20-14-16-23(25-2)19-21(20)18-22;/h14,16,19,22,24H,3-13,15,17-18H2,1-2H3;1H. The van der Waals surface area contributed by atoms with E-state index < -0.39 is 0 Å². The predicted molar refractivity (Wildman–Crippen MR) is 116 cm³/mol. The third-order valence-corrected chi connectivity index (χ3v) is 5.61. The second kappa shape index (κ2) is 14.3. The molecule has 2 nitrogen and oxygen atoms in total. The van der Waals surface area contributed by atoms with Gasteiger partial charge in [0.1, 0.15) is 5.75 Å². The summed E-state index contributed by atoms with van der Waals surface area (Å²) in [5.41, 5.74) is 2.99. The average molecular weight is 382 g/mol. The van der Waals surface area contributed by atoms with Crippen molar-refractivity contribution in [1.29, 1.82) is 0 Å². The Balaban J connectivity index is 0.00000338. The Labute approximate surface area is 167 Å². The van der Waals surface area contributed by atoms with Gasteiger partial charge in [0, 0.05) is 6.04 Å². The van der Waals surface area contributed by atoms with Crippen molar-refractivity contribution < 1.29 is 4.74 Å². The summed E-state index contributed by atoms with van der Waals surface area (Å²) in [5, 5.41) is 3.78. The van der Waals surface area contributed by atoms with E-state index in [4.69, 9.17) is 4.74 Å². The molecule has 1 aliphatic carbocycles. The Kier molecular flexibility index (Phi) is 12.9. The summed E-state index contributed by atoms with van der Waals surface area (Å²) in [6.45, 7) is 3.47. The van der Waals surface area contributed by atoms with Gasteiger partial charge in [0.2, 0.25) is 0 Å². The van der Waals surface area contributed by atoms with Crippen molar-refractivity contribution in [2.24, 2.45) is 0 Å². The van der Waals surface area contributed by atoms with E-state index in [2.05, 4.69) is 30.4 Å². The Morgan fingerprint density at radius 3 is 2.23 bits per heavy atom. The van der Waals surface area contributed by atoms with Crippen molar-refractivity contribution in [1.82, 2.24) is 5.32 Å². The highest BCUT2D eigenvalue weighted by Crippen LogP contribution is 2.25. The normalized spacial score (nSPS) is 16.0.